The second kappa shape index (κ2) is 6.39. The van der Waals surface area contributed by atoms with E-state index in [0.717, 1.165) is 12.0 Å². The molecule has 0 bridgehead atoms. The van der Waals surface area contributed by atoms with Crippen molar-refractivity contribution in [3.05, 3.63) is 35.9 Å². The standard InChI is InChI=1S/C15H21NO3S/c1-2-14(13-6-4-3-5-7-13)15(17)16-10-12-8-9-20(18,19)11-12/h3-7,12,14H,2,8-11H2,1H3,(H,16,17)/t12-,14+/m0/s1. The summed E-state index contributed by atoms with van der Waals surface area (Å²) in [5.41, 5.74) is 1.01. The maximum atomic E-state index is 12.2. The normalized spacial score (nSPS) is 22.4. The molecule has 1 fully saturated rings. The first kappa shape index (κ1) is 15.0. The maximum absolute atomic E-state index is 12.2. The number of hydrogen-bond donors (Lipinski definition) is 1. The number of sulfone groups is 1. The molecule has 0 aliphatic carbocycles. The quantitative estimate of drug-likeness (QED) is 0.900. The molecule has 1 aromatic carbocycles. The van der Waals surface area contributed by atoms with Crippen LogP contribution in [-0.4, -0.2) is 32.4 Å². The summed E-state index contributed by atoms with van der Waals surface area (Å²) >= 11 is 0. The molecular weight excluding hydrogens is 274 g/mol. The largest absolute Gasteiger partial charge is 0.355 e. The van der Waals surface area contributed by atoms with E-state index >= 15 is 0 Å². The van der Waals surface area contributed by atoms with Gasteiger partial charge in [0.15, 0.2) is 9.84 Å². The Labute approximate surface area is 120 Å². The zero-order valence-corrected chi connectivity index (χ0v) is 12.5. The number of amides is 1. The second-order valence-corrected chi connectivity index (χ2v) is 7.61. The van der Waals surface area contributed by atoms with Gasteiger partial charge in [-0.25, -0.2) is 8.42 Å². The first-order chi connectivity index (χ1) is 9.52. The number of nitrogens with one attached hydrogen (secondary N) is 1. The van der Waals surface area contributed by atoms with Crippen LogP contribution in [0.5, 0.6) is 0 Å². The minimum absolute atomic E-state index is 0.0111. The summed E-state index contributed by atoms with van der Waals surface area (Å²) in [4.78, 5) is 12.2. The molecule has 1 saturated heterocycles. The fraction of sp³-hybridized carbons (Fsp3) is 0.533. The molecule has 20 heavy (non-hydrogen) atoms. The van der Waals surface area contributed by atoms with Gasteiger partial charge in [0, 0.05) is 6.54 Å². The lowest BCUT2D eigenvalue weighted by atomic mass is 9.95. The van der Waals surface area contributed by atoms with E-state index in [0.29, 0.717) is 13.0 Å². The number of hydrogen-bond acceptors (Lipinski definition) is 3. The highest BCUT2D eigenvalue weighted by molar-refractivity contribution is 7.91. The van der Waals surface area contributed by atoms with E-state index in [1.54, 1.807) is 0 Å². The molecular formula is C15H21NO3S. The molecule has 1 aliphatic rings. The fourth-order valence-electron chi connectivity index (χ4n) is 2.66. The highest BCUT2D eigenvalue weighted by Crippen LogP contribution is 2.21. The van der Waals surface area contributed by atoms with E-state index in [1.807, 2.05) is 37.3 Å². The monoisotopic (exact) mass is 295 g/mol. The van der Waals surface area contributed by atoms with Crippen LogP contribution < -0.4 is 5.32 Å². The summed E-state index contributed by atoms with van der Waals surface area (Å²) < 4.78 is 22.8. The molecule has 0 aromatic heterocycles. The lowest BCUT2D eigenvalue weighted by Gasteiger charge is -2.17. The highest BCUT2D eigenvalue weighted by atomic mass is 32.2. The Morgan fingerprint density at radius 2 is 2.05 bits per heavy atom. The van der Waals surface area contributed by atoms with Crippen molar-refractivity contribution in [2.45, 2.75) is 25.7 Å². The second-order valence-electron chi connectivity index (χ2n) is 5.39. The molecule has 1 aliphatic heterocycles. The Kier molecular flexibility index (Phi) is 4.81. The summed E-state index contributed by atoms with van der Waals surface area (Å²) in [7, 11) is -2.87. The Hall–Kier alpha value is -1.36. The average Bonchev–Trinajstić information content (AvgIpc) is 2.78. The average molecular weight is 295 g/mol. The molecule has 1 aromatic rings. The molecule has 1 heterocycles. The smallest absolute Gasteiger partial charge is 0.227 e. The van der Waals surface area contributed by atoms with Crippen molar-refractivity contribution in [2.24, 2.45) is 5.92 Å². The summed E-state index contributed by atoms with van der Waals surface area (Å²) in [5.74, 6) is 0.355. The van der Waals surface area contributed by atoms with Crippen LogP contribution in [0.3, 0.4) is 0 Å². The Bertz CT molecular complexity index is 554. The zero-order valence-electron chi connectivity index (χ0n) is 11.7. The lowest BCUT2D eigenvalue weighted by molar-refractivity contribution is -0.122. The van der Waals surface area contributed by atoms with Crippen molar-refractivity contribution in [1.82, 2.24) is 5.32 Å². The molecule has 0 saturated carbocycles. The van der Waals surface area contributed by atoms with Gasteiger partial charge >= 0.3 is 0 Å². The first-order valence-electron chi connectivity index (χ1n) is 7.05. The molecule has 5 heteroatoms. The summed E-state index contributed by atoms with van der Waals surface area (Å²) in [5, 5.41) is 2.91. The van der Waals surface area contributed by atoms with Crippen molar-refractivity contribution >= 4 is 15.7 Å². The van der Waals surface area contributed by atoms with E-state index in [2.05, 4.69) is 5.32 Å². The molecule has 0 spiro atoms. The predicted octanol–water partition coefficient (Wildman–Crippen LogP) is 1.73. The third-order valence-electron chi connectivity index (χ3n) is 3.82. The number of carbonyl (C=O) groups excluding carboxylic acids is 1. The van der Waals surface area contributed by atoms with Gasteiger partial charge in [-0.05, 0) is 24.3 Å². The van der Waals surface area contributed by atoms with Crippen LogP contribution in [0.1, 0.15) is 31.2 Å². The third-order valence-corrected chi connectivity index (χ3v) is 5.66. The summed E-state index contributed by atoms with van der Waals surface area (Å²) in [6.07, 6.45) is 1.39. The van der Waals surface area contributed by atoms with Gasteiger partial charge in [-0.3, -0.25) is 4.79 Å². The van der Waals surface area contributed by atoms with Gasteiger partial charge in [-0.2, -0.15) is 0 Å². The van der Waals surface area contributed by atoms with Gasteiger partial charge in [0.05, 0.1) is 17.4 Å². The lowest BCUT2D eigenvalue weighted by Crippen LogP contribution is -2.33. The van der Waals surface area contributed by atoms with Gasteiger partial charge in [0.25, 0.3) is 0 Å². The number of benzene rings is 1. The van der Waals surface area contributed by atoms with Crippen molar-refractivity contribution in [2.75, 3.05) is 18.1 Å². The molecule has 0 unspecified atom stereocenters. The van der Waals surface area contributed by atoms with Gasteiger partial charge < -0.3 is 5.32 Å². The van der Waals surface area contributed by atoms with Crippen molar-refractivity contribution in [3.8, 4) is 0 Å². The first-order valence-corrected chi connectivity index (χ1v) is 8.87. The van der Waals surface area contributed by atoms with E-state index in [-0.39, 0.29) is 29.2 Å². The van der Waals surface area contributed by atoms with E-state index in [1.165, 1.54) is 0 Å². The molecule has 2 atom stereocenters. The molecule has 110 valence electrons. The predicted molar refractivity (Wildman–Crippen MR) is 79.2 cm³/mol. The van der Waals surface area contributed by atoms with Gasteiger partial charge in [0.1, 0.15) is 0 Å². The van der Waals surface area contributed by atoms with E-state index in [9.17, 15) is 13.2 Å². The maximum Gasteiger partial charge on any atom is 0.227 e. The highest BCUT2D eigenvalue weighted by Gasteiger charge is 2.28. The summed E-state index contributed by atoms with van der Waals surface area (Å²) in [6.45, 7) is 2.44. The van der Waals surface area contributed by atoms with Crippen LogP contribution in [-0.2, 0) is 14.6 Å². The minimum atomic E-state index is -2.87. The Morgan fingerprint density at radius 3 is 2.60 bits per heavy atom. The van der Waals surface area contributed by atoms with Crippen LogP contribution in [0.15, 0.2) is 30.3 Å². The third kappa shape index (κ3) is 3.82. The molecule has 1 amide bonds. The van der Waals surface area contributed by atoms with Crippen LogP contribution in [0.2, 0.25) is 0 Å². The van der Waals surface area contributed by atoms with Gasteiger partial charge in [0.2, 0.25) is 5.91 Å². The van der Waals surface area contributed by atoms with E-state index < -0.39 is 9.84 Å². The van der Waals surface area contributed by atoms with Crippen molar-refractivity contribution < 1.29 is 13.2 Å². The topological polar surface area (TPSA) is 63.2 Å². The molecule has 1 N–H and O–H groups in total. The Morgan fingerprint density at radius 1 is 1.35 bits per heavy atom. The number of carbonyl (C=O) groups is 1. The zero-order chi connectivity index (χ0) is 14.6. The molecule has 0 radical (unpaired) electrons. The van der Waals surface area contributed by atoms with Crippen LogP contribution >= 0.6 is 0 Å². The van der Waals surface area contributed by atoms with Gasteiger partial charge in [-0.1, -0.05) is 37.3 Å². The van der Waals surface area contributed by atoms with Crippen LogP contribution in [0, 0.1) is 5.92 Å². The number of rotatable bonds is 5. The van der Waals surface area contributed by atoms with Gasteiger partial charge in [-0.15, -0.1) is 0 Å². The van der Waals surface area contributed by atoms with E-state index in [4.69, 9.17) is 0 Å². The summed E-state index contributed by atoms with van der Waals surface area (Å²) in [6, 6.07) is 9.68. The van der Waals surface area contributed by atoms with Crippen LogP contribution in [0.25, 0.3) is 0 Å². The fourth-order valence-corrected chi connectivity index (χ4v) is 4.52. The minimum Gasteiger partial charge on any atom is -0.355 e. The molecule has 2 rings (SSSR count). The Balaban J connectivity index is 1.91. The van der Waals surface area contributed by atoms with Crippen LogP contribution in [0.4, 0.5) is 0 Å². The van der Waals surface area contributed by atoms with Crippen molar-refractivity contribution in [3.63, 3.8) is 0 Å². The molecule has 4 nitrogen and oxygen atoms in total. The van der Waals surface area contributed by atoms with Crippen molar-refractivity contribution in [1.29, 1.82) is 0 Å². The SMILES string of the molecule is CC[C@@H](C(=O)NC[C@@H]1CCS(=O)(=O)C1)c1ccccc1.